The van der Waals surface area contributed by atoms with Gasteiger partial charge in [0.2, 0.25) is 5.91 Å². The average molecular weight is 321 g/mol. The van der Waals surface area contributed by atoms with Crippen LogP contribution in [-0.4, -0.2) is 17.2 Å². The molecule has 3 rings (SSSR count). The summed E-state index contributed by atoms with van der Waals surface area (Å²) in [5, 5.41) is 2.89. The van der Waals surface area contributed by atoms with Crippen LogP contribution in [0.25, 0.3) is 16.7 Å². The summed E-state index contributed by atoms with van der Waals surface area (Å²) < 4.78 is 0. The summed E-state index contributed by atoms with van der Waals surface area (Å²) in [6.45, 7) is 1.80. The summed E-state index contributed by atoms with van der Waals surface area (Å²) in [5.41, 5.74) is 10.2. The van der Waals surface area contributed by atoms with E-state index < -0.39 is 0 Å². The van der Waals surface area contributed by atoms with Gasteiger partial charge in [0.15, 0.2) is 0 Å². The van der Waals surface area contributed by atoms with E-state index in [2.05, 4.69) is 10.3 Å². The minimum Gasteiger partial charge on any atom is -0.398 e. The Bertz CT molecular complexity index is 823. The van der Waals surface area contributed by atoms with Crippen LogP contribution in [0.3, 0.4) is 0 Å². The number of rotatable bonds is 5. The van der Waals surface area contributed by atoms with Crippen molar-refractivity contribution < 1.29 is 9.59 Å². The molecule has 2 aromatic rings. The Morgan fingerprint density at radius 1 is 1.25 bits per heavy atom. The third-order valence-electron chi connectivity index (χ3n) is 4.09. The highest BCUT2D eigenvalue weighted by atomic mass is 16.2. The SMILES string of the molecule is CC=C(C=O)c1cc(-c2cncc(NC(=O)C3CC3)c2)ccc1N. The molecular weight excluding hydrogens is 302 g/mol. The molecule has 0 bridgehead atoms. The predicted octanol–water partition coefficient (Wildman–Crippen LogP) is 3.28. The van der Waals surface area contributed by atoms with Gasteiger partial charge in [-0.1, -0.05) is 12.1 Å². The molecule has 24 heavy (non-hydrogen) atoms. The minimum absolute atomic E-state index is 0.0455. The van der Waals surface area contributed by atoms with Crippen molar-refractivity contribution in [3.8, 4) is 11.1 Å². The maximum absolute atomic E-state index is 11.9. The van der Waals surface area contributed by atoms with E-state index in [1.807, 2.05) is 18.2 Å². The molecule has 3 N–H and O–H groups in total. The number of carbonyl (C=O) groups excluding carboxylic acids is 2. The van der Waals surface area contributed by atoms with Gasteiger partial charge in [-0.15, -0.1) is 0 Å². The van der Waals surface area contributed by atoms with Crippen LogP contribution < -0.4 is 11.1 Å². The topological polar surface area (TPSA) is 85.1 Å². The summed E-state index contributed by atoms with van der Waals surface area (Å²) in [5.74, 6) is 0.186. The average Bonchev–Trinajstić information content (AvgIpc) is 3.43. The largest absolute Gasteiger partial charge is 0.398 e. The standard InChI is InChI=1S/C19H19N3O2/c1-2-12(11-23)17-8-14(5-6-18(17)20)15-7-16(10-21-9-15)22-19(24)13-3-4-13/h2,5-11,13H,3-4,20H2,1H3,(H,22,24). The van der Waals surface area contributed by atoms with Gasteiger partial charge in [0.25, 0.3) is 0 Å². The number of hydrogen-bond acceptors (Lipinski definition) is 4. The van der Waals surface area contributed by atoms with Gasteiger partial charge >= 0.3 is 0 Å². The van der Waals surface area contributed by atoms with Crippen molar-refractivity contribution in [1.29, 1.82) is 0 Å². The third-order valence-corrected chi connectivity index (χ3v) is 4.09. The van der Waals surface area contributed by atoms with Gasteiger partial charge in [0, 0.05) is 34.5 Å². The molecule has 0 saturated heterocycles. The van der Waals surface area contributed by atoms with Crippen LogP contribution in [0.15, 0.2) is 42.7 Å². The quantitative estimate of drug-likeness (QED) is 0.503. The van der Waals surface area contributed by atoms with Crippen LogP contribution in [0.1, 0.15) is 25.3 Å². The molecule has 122 valence electrons. The van der Waals surface area contributed by atoms with E-state index in [1.165, 1.54) is 0 Å². The molecule has 1 aromatic carbocycles. The maximum atomic E-state index is 11.9. The predicted molar refractivity (Wildman–Crippen MR) is 95.2 cm³/mol. The zero-order valence-corrected chi connectivity index (χ0v) is 13.5. The van der Waals surface area contributed by atoms with E-state index in [0.717, 1.165) is 30.3 Å². The number of nitrogens with one attached hydrogen (secondary N) is 1. The Balaban J connectivity index is 1.92. The van der Waals surface area contributed by atoms with Gasteiger partial charge in [0.1, 0.15) is 6.29 Å². The van der Waals surface area contributed by atoms with Crippen molar-refractivity contribution in [2.75, 3.05) is 11.1 Å². The zero-order chi connectivity index (χ0) is 17.1. The lowest BCUT2D eigenvalue weighted by Crippen LogP contribution is -2.13. The van der Waals surface area contributed by atoms with E-state index in [9.17, 15) is 9.59 Å². The van der Waals surface area contributed by atoms with Gasteiger partial charge in [-0.25, -0.2) is 0 Å². The van der Waals surface area contributed by atoms with Crippen molar-refractivity contribution in [2.45, 2.75) is 19.8 Å². The molecule has 5 nitrogen and oxygen atoms in total. The van der Waals surface area contributed by atoms with Gasteiger partial charge in [-0.05, 0) is 43.5 Å². The summed E-state index contributed by atoms with van der Waals surface area (Å²) in [6.07, 6.45) is 7.78. The molecule has 0 unspecified atom stereocenters. The number of aldehydes is 1. The number of carbonyl (C=O) groups is 2. The molecular formula is C19H19N3O2. The van der Waals surface area contributed by atoms with Crippen LogP contribution in [-0.2, 0) is 9.59 Å². The van der Waals surface area contributed by atoms with Gasteiger partial charge in [-0.3, -0.25) is 14.6 Å². The number of nitrogen functional groups attached to an aromatic ring is 1. The van der Waals surface area contributed by atoms with Gasteiger partial charge < -0.3 is 11.1 Å². The summed E-state index contributed by atoms with van der Waals surface area (Å²) in [4.78, 5) is 27.3. The molecule has 5 heteroatoms. The summed E-state index contributed by atoms with van der Waals surface area (Å²) in [7, 11) is 0. The molecule has 1 fully saturated rings. The van der Waals surface area contributed by atoms with Crippen LogP contribution in [0.4, 0.5) is 11.4 Å². The van der Waals surface area contributed by atoms with Crippen molar-refractivity contribution in [1.82, 2.24) is 4.98 Å². The van der Waals surface area contributed by atoms with Gasteiger partial charge in [0.05, 0.1) is 11.9 Å². The van der Waals surface area contributed by atoms with Crippen molar-refractivity contribution in [3.63, 3.8) is 0 Å². The number of pyridine rings is 1. The normalized spacial score (nSPS) is 14.3. The van der Waals surface area contributed by atoms with E-state index in [4.69, 9.17) is 5.73 Å². The van der Waals surface area contributed by atoms with Crippen molar-refractivity contribution in [2.24, 2.45) is 5.92 Å². The molecule has 0 radical (unpaired) electrons. The Kier molecular flexibility index (Phi) is 4.42. The molecule has 1 heterocycles. The second-order valence-corrected chi connectivity index (χ2v) is 5.89. The van der Waals surface area contributed by atoms with Crippen LogP contribution in [0.5, 0.6) is 0 Å². The summed E-state index contributed by atoms with van der Waals surface area (Å²) >= 11 is 0. The zero-order valence-electron chi connectivity index (χ0n) is 13.5. The molecule has 1 amide bonds. The van der Waals surface area contributed by atoms with E-state index >= 15 is 0 Å². The van der Waals surface area contributed by atoms with Crippen molar-refractivity contribution in [3.05, 3.63) is 48.3 Å². The number of nitrogens with two attached hydrogens (primary N) is 1. The number of allylic oxidation sites excluding steroid dienone is 2. The lowest BCUT2D eigenvalue weighted by Gasteiger charge is -2.10. The fourth-order valence-electron chi connectivity index (χ4n) is 2.53. The molecule has 0 spiro atoms. The molecule has 0 atom stereocenters. The maximum Gasteiger partial charge on any atom is 0.227 e. The first-order chi connectivity index (χ1) is 11.6. The Labute approximate surface area is 140 Å². The van der Waals surface area contributed by atoms with Gasteiger partial charge in [-0.2, -0.15) is 0 Å². The highest BCUT2D eigenvalue weighted by Gasteiger charge is 2.29. The number of nitrogens with zero attached hydrogens (tertiary/aromatic N) is 1. The Morgan fingerprint density at radius 2 is 2.04 bits per heavy atom. The first-order valence-electron chi connectivity index (χ1n) is 7.90. The number of amides is 1. The fourth-order valence-corrected chi connectivity index (χ4v) is 2.53. The van der Waals surface area contributed by atoms with E-state index in [-0.39, 0.29) is 11.8 Å². The monoisotopic (exact) mass is 321 g/mol. The Morgan fingerprint density at radius 3 is 2.71 bits per heavy atom. The highest BCUT2D eigenvalue weighted by molar-refractivity contribution is 6.09. The van der Waals surface area contributed by atoms with Crippen LogP contribution in [0, 0.1) is 5.92 Å². The molecule has 0 aliphatic heterocycles. The lowest BCUT2D eigenvalue weighted by atomic mass is 9.98. The Hall–Kier alpha value is -2.95. The molecule has 1 aliphatic carbocycles. The molecule has 1 aromatic heterocycles. The third kappa shape index (κ3) is 3.35. The van der Waals surface area contributed by atoms with Crippen LogP contribution >= 0.6 is 0 Å². The number of aromatic nitrogens is 1. The summed E-state index contributed by atoms with van der Waals surface area (Å²) in [6, 6.07) is 7.38. The molecule has 1 aliphatic rings. The number of benzene rings is 1. The first kappa shape index (κ1) is 15.9. The number of anilines is 2. The van der Waals surface area contributed by atoms with Crippen LogP contribution in [0.2, 0.25) is 0 Å². The van der Waals surface area contributed by atoms with E-state index in [0.29, 0.717) is 22.5 Å². The highest BCUT2D eigenvalue weighted by Crippen LogP contribution is 2.31. The number of hydrogen-bond donors (Lipinski definition) is 2. The minimum atomic E-state index is 0.0455. The van der Waals surface area contributed by atoms with E-state index in [1.54, 1.807) is 31.5 Å². The second kappa shape index (κ2) is 6.66. The van der Waals surface area contributed by atoms with Crippen molar-refractivity contribution >= 4 is 29.1 Å². The smallest absolute Gasteiger partial charge is 0.227 e. The fraction of sp³-hybridized carbons (Fsp3) is 0.211. The lowest BCUT2D eigenvalue weighted by molar-refractivity contribution is -0.117. The second-order valence-electron chi connectivity index (χ2n) is 5.89. The first-order valence-corrected chi connectivity index (χ1v) is 7.90. The molecule has 1 saturated carbocycles.